The Balaban J connectivity index is 1.90. The summed E-state index contributed by atoms with van der Waals surface area (Å²) >= 11 is 0. The molecule has 1 aliphatic heterocycles. The minimum absolute atomic E-state index is 0.123. The number of carbonyl (C=O) groups excluding carboxylic acids is 1. The molecule has 1 unspecified atom stereocenters. The van der Waals surface area contributed by atoms with E-state index in [-0.39, 0.29) is 11.9 Å². The first-order valence-electron chi connectivity index (χ1n) is 8.50. The number of hydrogen-bond acceptors (Lipinski definition) is 6. The van der Waals surface area contributed by atoms with Gasteiger partial charge < -0.3 is 9.42 Å². The van der Waals surface area contributed by atoms with E-state index >= 15 is 0 Å². The zero-order valence-electron chi connectivity index (χ0n) is 14.8. The van der Waals surface area contributed by atoms with E-state index in [0.717, 1.165) is 51.3 Å². The highest BCUT2D eigenvalue weighted by molar-refractivity contribution is 5.77. The average molecular weight is 323 g/mol. The van der Waals surface area contributed by atoms with Gasteiger partial charge in [-0.25, -0.2) is 0 Å². The van der Waals surface area contributed by atoms with Crippen molar-refractivity contribution in [3.63, 3.8) is 0 Å². The second kappa shape index (κ2) is 8.40. The van der Waals surface area contributed by atoms with Gasteiger partial charge in [0, 0.05) is 40.2 Å². The van der Waals surface area contributed by atoms with Gasteiger partial charge in [-0.05, 0) is 26.3 Å². The molecule has 1 aromatic rings. The maximum Gasteiger partial charge on any atom is 0.243 e. The monoisotopic (exact) mass is 323 g/mol. The van der Waals surface area contributed by atoms with E-state index in [4.69, 9.17) is 4.52 Å². The Bertz CT molecular complexity index is 502. The molecule has 1 fully saturated rings. The summed E-state index contributed by atoms with van der Waals surface area (Å²) in [5, 5.41) is 4.05. The summed E-state index contributed by atoms with van der Waals surface area (Å²) in [6, 6.07) is 0.123. The van der Waals surface area contributed by atoms with Crippen LogP contribution in [0.15, 0.2) is 4.52 Å². The zero-order chi connectivity index (χ0) is 16.8. The number of carbonyl (C=O) groups is 1. The zero-order valence-corrected chi connectivity index (χ0v) is 14.8. The smallest absolute Gasteiger partial charge is 0.243 e. The van der Waals surface area contributed by atoms with Crippen LogP contribution in [-0.2, 0) is 11.2 Å². The van der Waals surface area contributed by atoms with Crippen LogP contribution in [0.1, 0.15) is 44.4 Å². The van der Waals surface area contributed by atoms with E-state index in [1.807, 2.05) is 0 Å². The number of rotatable bonds is 6. The number of aryl methyl sites for hydroxylation is 1. The Morgan fingerprint density at radius 3 is 2.78 bits per heavy atom. The number of likely N-dealkylation sites (N-methyl/N-ethyl adjacent to an activating group) is 1. The fourth-order valence-corrected chi connectivity index (χ4v) is 2.79. The standard InChI is InChI=1S/C16H29N5O2/c1-5-7-14-17-16(23-18-14)13(2)21-9-6-8-20(10-11-21)12-15(22)19(3)4/h13H,5-12H2,1-4H3. The molecule has 7 nitrogen and oxygen atoms in total. The lowest BCUT2D eigenvalue weighted by Gasteiger charge is -2.25. The van der Waals surface area contributed by atoms with Crippen LogP contribution in [0.2, 0.25) is 0 Å². The van der Waals surface area contributed by atoms with Crippen molar-refractivity contribution in [2.75, 3.05) is 46.8 Å². The Morgan fingerprint density at radius 2 is 2.09 bits per heavy atom. The van der Waals surface area contributed by atoms with E-state index in [1.165, 1.54) is 0 Å². The predicted molar refractivity (Wildman–Crippen MR) is 88.0 cm³/mol. The molecule has 0 N–H and O–H groups in total. The van der Waals surface area contributed by atoms with Crippen LogP contribution in [0.3, 0.4) is 0 Å². The molecule has 7 heteroatoms. The number of nitrogens with zero attached hydrogens (tertiary/aromatic N) is 5. The lowest BCUT2D eigenvalue weighted by Crippen LogP contribution is -2.39. The van der Waals surface area contributed by atoms with Crippen LogP contribution in [-0.4, -0.2) is 77.6 Å². The lowest BCUT2D eigenvalue weighted by atomic mass is 10.2. The molecule has 1 saturated heterocycles. The summed E-state index contributed by atoms with van der Waals surface area (Å²) in [7, 11) is 3.61. The Kier molecular flexibility index (Phi) is 6.53. The first-order chi connectivity index (χ1) is 11.0. The van der Waals surface area contributed by atoms with Gasteiger partial charge in [-0.1, -0.05) is 12.1 Å². The molecular formula is C16H29N5O2. The van der Waals surface area contributed by atoms with E-state index < -0.39 is 0 Å². The van der Waals surface area contributed by atoms with E-state index in [1.54, 1.807) is 19.0 Å². The molecule has 0 aromatic carbocycles. The maximum atomic E-state index is 11.9. The first kappa shape index (κ1) is 17.9. The van der Waals surface area contributed by atoms with Crippen molar-refractivity contribution in [2.24, 2.45) is 0 Å². The van der Waals surface area contributed by atoms with Crippen LogP contribution in [0, 0.1) is 0 Å². The van der Waals surface area contributed by atoms with Crippen LogP contribution >= 0.6 is 0 Å². The van der Waals surface area contributed by atoms with Crippen molar-refractivity contribution in [3.8, 4) is 0 Å². The van der Waals surface area contributed by atoms with Crippen molar-refractivity contribution in [1.29, 1.82) is 0 Å². The molecule has 23 heavy (non-hydrogen) atoms. The largest absolute Gasteiger partial charge is 0.348 e. The van der Waals surface area contributed by atoms with Crippen molar-refractivity contribution < 1.29 is 9.32 Å². The normalized spacial score (nSPS) is 18.6. The fraction of sp³-hybridized carbons (Fsp3) is 0.812. The highest BCUT2D eigenvalue weighted by Gasteiger charge is 2.25. The second-order valence-corrected chi connectivity index (χ2v) is 6.43. The Morgan fingerprint density at radius 1 is 1.30 bits per heavy atom. The van der Waals surface area contributed by atoms with Gasteiger partial charge in [-0.2, -0.15) is 4.98 Å². The Labute approximate surface area is 138 Å². The highest BCUT2D eigenvalue weighted by Crippen LogP contribution is 2.20. The van der Waals surface area contributed by atoms with Crippen molar-refractivity contribution in [2.45, 2.75) is 39.2 Å². The third-order valence-electron chi connectivity index (χ3n) is 4.34. The second-order valence-electron chi connectivity index (χ2n) is 6.43. The fourth-order valence-electron chi connectivity index (χ4n) is 2.79. The summed E-state index contributed by atoms with van der Waals surface area (Å²) in [4.78, 5) is 22.6. The summed E-state index contributed by atoms with van der Waals surface area (Å²) in [5.41, 5.74) is 0. The van der Waals surface area contributed by atoms with Gasteiger partial charge in [-0.3, -0.25) is 14.6 Å². The SMILES string of the molecule is CCCc1noc(C(C)N2CCCN(CC(=O)N(C)C)CC2)n1. The van der Waals surface area contributed by atoms with E-state index in [9.17, 15) is 4.79 Å². The third-order valence-corrected chi connectivity index (χ3v) is 4.34. The minimum atomic E-state index is 0.123. The van der Waals surface area contributed by atoms with Gasteiger partial charge in [0.1, 0.15) is 0 Å². The average Bonchev–Trinajstić information content (AvgIpc) is 2.86. The number of hydrogen-bond donors (Lipinski definition) is 0. The predicted octanol–water partition coefficient (Wildman–Crippen LogP) is 1.18. The first-order valence-corrected chi connectivity index (χ1v) is 8.50. The highest BCUT2D eigenvalue weighted by atomic mass is 16.5. The van der Waals surface area contributed by atoms with Crippen LogP contribution < -0.4 is 0 Å². The number of aromatic nitrogens is 2. The molecule has 2 rings (SSSR count). The minimum Gasteiger partial charge on any atom is -0.348 e. The van der Waals surface area contributed by atoms with Gasteiger partial charge in [0.25, 0.3) is 0 Å². The van der Waals surface area contributed by atoms with Gasteiger partial charge in [0.15, 0.2) is 5.82 Å². The van der Waals surface area contributed by atoms with Gasteiger partial charge >= 0.3 is 0 Å². The third kappa shape index (κ3) is 5.00. The van der Waals surface area contributed by atoms with E-state index in [2.05, 4.69) is 33.8 Å². The summed E-state index contributed by atoms with van der Waals surface area (Å²) in [5.74, 6) is 1.65. The lowest BCUT2D eigenvalue weighted by molar-refractivity contribution is -0.129. The molecule has 0 saturated carbocycles. The topological polar surface area (TPSA) is 65.7 Å². The van der Waals surface area contributed by atoms with Gasteiger partial charge in [0.2, 0.25) is 11.8 Å². The molecule has 0 radical (unpaired) electrons. The summed E-state index contributed by atoms with van der Waals surface area (Å²) in [6.45, 7) is 8.46. The van der Waals surface area contributed by atoms with Crippen LogP contribution in [0.4, 0.5) is 0 Å². The molecule has 1 aliphatic rings. The molecule has 1 amide bonds. The molecule has 130 valence electrons. The maximum absolute atomic E-state index is 11.9. The quantitative estimate of drug-likeness (QED) is 0.783. The van der Waals surface area contributed by atoms with Crippen molar-refractivity contribution in [1.82, 2.24) is 24.8 Å². The van der Waals surface area contributed by atoms with Crippen molar-refractivity contribution in [3.05, 3.63) is 11.7 Å². The summed E-state index contributed by atoms with van der Waals surface area (Å²) < 4.78 is 5.42. The summed E-state index contributed by atoms with van der Waals surface area (Å²) in [6.07, 6.45) is 2.92. The molecular weight excluding hydrogens is 294 g/mol. The van der Waals surface area contributed by atoms with E-state index in [0.29, 0.717) is 12.4 Å². The molecule has 1 aromatic heterocycles. The van der Waals surface area contributed by atoms with Gasteiger partial charge in [-0.15, -0.1) is 0 Å². The van der Waals surface area contributed by atoms with Crippen LogP contribution in [0.25, 0.3) is 0 Å². The molecule has 2 heterocycles. The molecule has 0 spiro atoms. The molecule has 1 atom stereocenters. The molecule has 0 bridgehead atoms. The van der Waals surface area contributed by atoms with Crippen LogP contribution in [0.5, 0.6) is 0 Å². The van der Waals surface area contributed by atoms with Crippen molar-refractivity contribution >= 4 is 5.91 Å². The Hall–Kier alpha value is -1.47. The number of amides is 1. The molecule has 0 aliphatic carbocycles. The van der Waals surface area contributed by atoms with Gasteiger partial charge in [0.05, 0.1) is 12.6 Å².